The Balaban J connectivity index is 2.32. The molecule has 0 saturated heterocycles. The summed E-state index contributed by atoms with van der Waals surface area (Å²) in [5, 5.41) is 3.14. The molecule has 1 N–H and O–H groups in total. The lowest BCUT2D eigenvalue weighted by Crippen LogP contribution is -2.13. The van der Waals surface area contributed by atoms with E-state index >= 15 is 0 Å². The third kappa shape index (κ3) is 3.68. The van der Waals surface area contributed by atoms with Gasteiger partial charge in [-0.1, -0.05) is 27.5 Å². The number of carbonyl (C=O) groups excluding carboxylic acids is 1. The molecule has 0 aliphatic heterocycles. The van der Waals surface area contributed by atoms with E-state index in [1.807, 2.05) is 0 Å². The van der Waals surface area contributed by atoms with Crippen molar-refractivity contribution in [2.75, 3.05) is 19.5 Å². The first-order valence-corrected chi connectivity index (χ1v) is 7.20. The van der Waals surface area contributed by atoms with Crippen LogP contribution in [0.5, 0.6) is 11.5 Å². The van der Waals surface area contributed by atoms with Crippen molar-refractivity contribution in [2.24, 2.45) is 0 Å². The summed E-state index contributed by atoms with van der Waals surface area (Å²) in [4.78, 5) is 12.3. The number of hydrogen-bond acceptors (Lipinski definition) is 3. The number of carbonyl (C=O) groups is 1. The monoisotopic (exact) mass is 369 g/mol. The van der Waals surface area contributed by atoms with Crippen LogP contribution in [0.15, 0.2) is 40.9 Å². The fourth-order valence-corrected chi connectivity index (χ4v) is 2.34. The normalized spacial score (nSPS) is 10.1. The number of nitrogens with one attached hydrogen (secondary N) is 1. The highest BCUT2D eigenvalue weighted by Crippen LogP contribution is 2.30. The number of rotatable bonds is 4. The van der Waals surface area contributed by atoms with Gasteiger partial charge in [0.05, 0.1) is 30.5 Å². The van der Waals surface area contributed by atoms with E-state index in [0.717, 1.165) is 4.47 Å². The molecule has 0 bridgehead atoms. The fraction of sp³-hybridized carbons (Fsp3) is 0.133. The number of ether oxygens (including phenoxy) is 2. The highest BCUT2D eigenvalue weighted by molar-refractivity contribution is 9.10. The van der Waals surface area contributed by atoms with Gasteiger partial charge in [0, 0.05) is 10.5 Å². The predicted octanol–water partition coefficient (Wildman–Crippen LogP) is 4.37. The van der Waals surface area contributed by atoms with E-state index < -0.39 is 0 Å². The number of anilines is 1. The molecule has 0 heterocycles. The molecule has 21 heavy (non-hydrogen) atoms. The third-order valence-corrected chi connectivity index (χ3v) is 3.65. The van der Waals surface area contributed by atoms with Crippen LogP contribution >= 0.6 is 27.5 Å². The van der Waals surface area contributed by atoms with Crippen LogP contribution in [0.3, 0.4) is 0 Å². The van der Waals surface area contributed by atoms with Gasteiger partial charge in [0.25, 0.3) is 5.91 Å². The SMILES string of the molecule is COc1ccc(OC)c(NC(=O)c2cc(Br)ccc2Cl)c1. The Hall–Kier alpha value is -1.72. The van der Waals surface area contributed by atoms with Crippen LogP contribution in [0.4, 0.5) is 5.69 Å². The van der Waals surface area contributed by atoms with E-state index in [4.69, 9.17) is 21.1 Å². The first-order chi connectivity index (χ1) is 10.0. The van der Waals surface area contributed by atoms with E-state index in [0.29, 0.717) is 27.8 Å². The Morgan fingerprint density at radius 1 is 1.14 bits per heavy atom. The molecule has 0 unspecified atom stereocenters. The maximum absolute atomic E-state index is 12.3. The fourth-order valence-electron chi connectivity index (χ4n) is 1.77. The van der Waals surface area contributed by atoms with Crippen molar-refractivity contribution in [3.05, 3.63) is 51.5 Å². The van der Waals surface area contributed by atoms with Gasteiger partial charge in [0.2, 0.25) is 0 Å². The quantitative estimate of drug-likeness (QED) is 0.869. The van der Waals surface area contributed by atoms with Crippen molar-refractivity contribution >= 4 is 39.1 Å². The Labute approximate surface area is 136 Å². The van der Waals surface area contributed by atoms with Gasteiger partial charge in [-0.05, 0) is 30.3 Å². The van der Waals surface area contributed by atoms with E-state index in [1.165, 1.54) is 7.11 Å². The molecule has 0 saturated carbocycles. The number of methoxy groups -OCH3 is 2. The largest absolute Gasteiger partial charge is 0.497 e. The molecule has 0 atom stereocenters. The van der Waals surface area contributed by atoms with Crippen LogP contribution in [0.2, 0.25) is 5.02 Å². The van der Waals surface area contributed by atoms with Crippen molar-refractivity contribution < 1.29 is 14.3 Å². The molecule has 110 valence electrons. The molecule has 2 rings (SSSR count). The number of halogens is 2. The standard InChI is InChI=1S/C15H13BrClNO3/c1-20-10-4-6-14(21-2)13(8-10)18-15(19)11-7-9(16)3-5-12(11)17/h3-8H,1-2H3,(H,18,19). The van der Waals surface area contributed by atoms with Crippen molar-refractivity contribution in [1.29, 1.82) is 0 Å². The molecule has 2 aromatic rings. The van der Waals surface area contributed by atoms with Gasteiger partial charge in [-0.25, -0.2) is 0 Å². The average Bonchev–Trinajstić information content (AvgIpc) is 2.49. The summed E-state index contributed by atoms with van der Waals surface area (Å²) in [5.74, 6) is 0.828. The average molecular weight is 371 g/mol. The molecule has 0 aliphatic carbocycles. The number of hydrogen-bond donors (Lipinski definition) is 1. The predicted molar refractivity (Wildman–Crippen MR) is 86.7 cm³/mol. The Morgan fingerprint density at radius 3 is 2.57 bits per heavy atom. The van der Waals surface area contributed by atoms with Crippen LogP contribution in [-0.4, -0.2) is 20.1 Å². The minimum Gasteiger partial charge on any atom is -0.497 e. The maximum Gasteiger partial charge on any atom is 0.257 e. The van der Waals surface area contributed by atoms with E-state index in [2.05, 4.69) is 21.2 Å². The van der Waals surface area contributed by atoms with E-state index in [-0.39, 0.29) is 5.91 Å². The second-order valence-corrected chi connectivity index (χ2v) is 5.47. The van der Waals surface area contributed by atoms with Gasteiger partial charge in [0.1, 0.15) is 11.5 Å². The Kier molecular flexibility index (Phi) is 5.09. The summed E-state index contributed by atoms with van der Waals surface area (Å²) in [7, 11) is 3.09. The molecular formula is C15H13BrClNO3. The van der Waals surface area contributed by atoms with Crippen molar-refractivity contribution in [2.45, 2.75) is 0 Å². The smallest absolute Gasteiger partial charge is 0.257 e. The minimum atomic E-state index is -0.326. The molecule has 1 amide bonds. The summed E-state index contributed by atoms with van der Waals surface area (Å²) in [6.07, 6.45) is 0. The van der Waals surface area contributed by atoms with Crippen molar-refractivity contribution in [1.82, 2.24) is 0 Å². The topological polar surface area (TPSA) is 47.6 Å². The summed E-state index contributed by atoms with van der Waals surface area (Å²) >= 11 is 9.37. The highest BCUT2D eigenvalue weighted by Gasteiger charge is 2.14. The minimum absolute atomic E-state index is 0.326. The summed E-state index contributed by atoms with van der Waals surface area (Å²) in [6.45, 7) is 0. The molecular weight excluding hydrogens is 358 g/mol. The lowest BCUT2D eigenvalue weighted by Gasteiger charge is -2.12. The van der Waals surface area contributed by atoms with Gasteiger partial charge >= 0.3 is 0 Å². The Bertz CT molecular complexity index is 676. The third-order valence-electron chi connectivity index (χ3n) is 2.83. The molecule has 0 spiro atoms. The van der Waals surface area contributed by atoms with Crippen LogP contribution in [0.25, 0.3) is 0 Å². The van der Waals surface area contributed by atoms with Crippen molar-refractivity contribution in [3.8, 4) is 11.5 Å². The zero-order valence-corrected chi connectivity index (χ0v) is 13.8. The molecule has 0 aromatic heterocycles. The van der Waals surface area contributed by atoms with E-state index in [1.54, 1.807) is 43.5 Å². The first kappa shape index (κ1) is 15.7. The molecule has 4 nitrogen and oxygen atoms in total. The van der Waals surface area contributed by atoms with Crippen LogP contribution < -0.4 is 14.8 Å². The zero-order valence-electron chi connectivity index (χ0n) is 11.4. The number of amides is 1. The van der Waals surface area contributed by atoms with Crippen LogP contribution in [0.1, 0.15) is 10.4 Å². The lowest BCUT2D eigenvalue weighted by atomic mass is 10.2. The molecule has 0 fully saturated rings. The van der Waals surface area contributed by atoms with Gasteiger partial charge in [0.15, 0.2) is 0 Å². The second-order valence-electron chi connectivity index (χ2n) is 4.14. The number of benzene rings is 2. The van der Waals surface area contributed by atoms with Gasteiger partial charge in [-0.2, -0.15) is 0 Å². The van der Waals surface area contributed by atoms with Crippen LogP contribution in [-0.2, 0) is 0 Å². The van der Waals surface area contributed by atoms with Crippen molar-refractivity contribution in [3.63, 3.8) is 0 Å². The lowest BCUT2D eigenvalue weighted by molar-refractivity contribution is 0.102. The summed E-state index contributed by atoms with van der Waals surface area (Å²) < 4.78 is 11.1. The first-order valence-electron chi connectivity index (χ1n) is 6.03. The maximum atomic E-state index is 12.3. The zero-order chi connectivity index (χ0) is 15.4. The van der Waals surface area contributed by atoms with Gasteiger partial charge < -0.3 is 14.8 Å². The molecule has 0 radical (unpaired) electrons. The highest BCUT2D eigenvalue weighted by atomic mass is 79.9. The second kappa shape index (κ2) is 6.83. The summed E-state index contributed by atoms with van der Waals surface area (Å²) in [6, 6.07) is 10.2. The molecule has 6 heteroatoms. The summed E-state index contributed by atoms with van der Waals surface area (Å²) in [5.41, 5.74) is 0.883. The van der Waals surface area contributed by atoms with E-state index in [9.17, 15) is 4.79 Å². The Morgan fingerprint density at radius 2 is 1.90 bits per heavy atom. The molecule has 0 aliphatic rings. The van der Waals surface area contributed by atoms with Gasteiger partial charge in [-0.15, -0.1) is 0 Å². The van der Waals surface area contributed by atoms with Gasteiger partial charge in [-0.3, -0.25) is 4.79 Å². The van der Waals surface area contributed by atoms with Crippen LogP contribution in [0, 0.1) is 0 Å². The molecule has 2 aromatic carbocycles.